The Morgan fingerprint density at radius 3 is 1.48 bits per heavy atom. The Balaban J connectivity index is 1.91. The van der Waals surface area contributed by atoms with Crippen molar-refractivity contribution in [1.29, 1.82) is 0 Å². The van der Waals surface area contributed by atoms with Gasteiger partial charge in [-0.25, -0.2) is 0 Å². The van der Waals surface area contributed by atoms with Crippen LogP contribution in [0.3, 0.4) is 0 Å². The van der Waals surface area contributed by atoms with Crippen LogP contribution in [0.5, 0.6) is 11.5 Å². The predicted octanol–water partition coefficient (Wildman–Crippen LogP) is 5.62. The van der Waals surface area contributed by atoms with Crippen molar-refractivity contribution >= 4 is 23.6 Å². The van der Waals surface area contributed by atoms with Gasteiger partial charge in [-0.1, -0.05) is 77.6 Å². The van der Waals surface area contributed by atoms with Gasteiger partial charge in [0.15, 0.2) is 0 Å². The van der Waals surface area contributed by atoms with Gasteiger partial charge in [0.25, 0.3) is 11.8 Å². The van der Waals surface area contributed by atoms with E-state index in [1.807, 2.05) is 27.7 Å². The summed E-state index contributed by atoms with van der Waals surface area (Å²) < 4.78 is 0. The Morgan fingerprint density at radius 2 is 1.05 bits per heavy atom. The predicted molar refractivity (Wildman–Crippen MR) is 171 cm³/mol. The van der Waals surface area contributed by atoms with Gasteiger partial charge in [-0.05, 0) is 74.6 Å². The van der Waals surface area contributed by atoms with E-state index in [-0.39, 0.29) is 46.3 Å². The molecular weight excluding hydrogens is 560 g/mol. The lowest BCUT2D eigenvalue weighted by atomic mass is 9.92. The lowest BCUT2D eigenvalue weighted by molar-refractivity contribution is -0.126. The first-order valence-corrected chi connectivity index (χ1v) is 16.0. The SMILES string of the molecule is CCCCc1cccc(O)c1C(=O)NNC(=O)C(CC)CCCC(CCC)C(=O)NNC(=O)c1c(O)cccc1CCCC. The molecule has 0 aromatic heterocycles. The van der Waals surface area contributed by atoms with Crippen molar-refractivity contribution in [2.24, 2.45) is 11.8 Å². The second kappa shape index (κ2) is 19.2. The molecule has 10 heteroatoms. The third kappa shape index (κ3) is 10.9. The van der Waals surface area contributed by atoms with Crippen LogP contribution in [0, 0.1) is 11.8 Å². The number of benzene rings is 2. The molecule has 0 aliphatic carbocycles. The van der Waals surface area contributed by atoms with Crippen LogP contribution in [-0.2, 0) is 22.4 Å². The highest BCUT2D eigenvalue weighted by Gasteiger charge is 2.23. The number of carbonyl (C=O) groups is 4. The third-order valence-electron chi connectivity index (χ3n) is 7.89. The van der Waals surface area contributed by atoms with E-state index in [0.29, 0.717) is 44.9 Å². The Kier molecular flexibility index (Phi) is 15.8. The number of nitrogens with one attached hydrogen (secondary N) is 4. The van der Waals surface area contributed by atoms with Crippen LogP contribution < -0.4 is 21.7 Å². The van der Waals surface area contributed by atoms with E-state index in [9.17, 15) is 29.4 Å². The molecule has 4 amide bonds. The molecule has 0 saturated heterocycles. The number of phenolic OH excluding ortho intramolecular Hbond substituents is 2. The van der Waals surface area contributed by atoms with Gasteiger partial charge in [-0.2, -0.15) is 0 Å². The highest BCUT2D eigenvalue weighted by Crippen LogP contribution is 2.24. The van der Waals surface area contributed by atoms with Crippen LogP contribution in [0.1, 0.15) is 124 Å². The standard InChI is InChI=1S/C34H50N4O6/c1-5-9-15-24-18-12-21-27(39)29(24)33(43)37-35-31(41)23(8-4)17-11-20-26(14-7-3)32(42)36-38-34(44)30-25(16-10-6-2)19-13-22-28(30)40/h12-13,18-19,21-23,26,39-40H,5-11,14-17,20H2,1-4H3,(H,35,41)(H,36,42)(H,37,43)(H,38,44). The zero-order valence-electron chi connectivity index (χ0n) is 26.6. The second-order valence-corrected chi connectivity index (χ2v) is 11.2. The van der Waals surface area contributed by atoms with Gasteiger partial charge in [0.05, 0.1) is 11.1 Å². The molecule has 2 aromatic carbocycles. The lowest BCUT2D eigenvalue weighted by Crippen LogP contribution is -2.45. The van der Waals surface area contributed by atoms with Crippen molar-refractivity contribution in [2.45, 2.75) is 105 Å². The fraction of sp³-hybridized carbons (Fsp3) is 0.529. The Morgan fingerprint density at radius 1 is 0.591 bits per heavy atom. The summed E-state index contributed by atoms with van der Waals surface area (Å²) in [5.74, 6) is -2.81. The fourth-order valence-corrected chi connectivity index (χ4v) is 5.30. The van der Waals surface area contributed by atoms with Gasteiger partial charge in [0.1, 0.15) is 11.5 Å². The Labute approximate surface area is 261 Å². The van der Waals surface area contributed by atoms with Gasteiger partial charge in [-0.15, -0.1) is 0 Å². The maximum Gasteiger partial charge on any atom is 0.273 e. The monoisotopic (exact) mass is 610 g/mol. The van der Waals surface area contributed by atoms with Crippen LogP contribution in [0.4, 0.5) is 0 Å². The van der Waals surface area contributed by atoms with Crippen molar-refractivity contribution in [3.8, 4) is 11.5 Å². The molecule has 0 aliphatic rings. The van der Waals surface area contributed by atoms with Crippen LogP contribution in [-0.4, -0.2) is 33.8 Å². The average molecular weight is 611 g/mol. The molecule has 0 radical (unpaired) electrons. The molecule has 2 atom stereocenters. The molecule has 0 aliphatic heterocycles. The summed E-state index contributed by atoms with van der Waals surface area (Å²) in [7, 11) is 0. The quantitative estimate of drug-likeness (QED) is 0.128. The van der Waals surface area contributed by atoms with E-state index in [1.54, 1.807) is 24.3 Å². The molecule has 0 bridgehead atoms. The molecule has 6 N–H and O–H groups in total. The Hall–Kier alpha value is -4.08. The fourth-order valence-electron chi connectivity index (χ4n) is 5.30. The van der Waals surface area contributed by atoms with Crippen LogP contribution in [0.2, 0.25) is 0 Å². The topological polar surface area (TPSA) is 157 Å². The minimum absolute atomic E-state index is 0.131. The van der Waals surface area contributed by atoms with Crippen molar-refractivity contribution in [2.75, 3.05) is 0 Å². The number of unbranched alkanes of at least 4 members (excludes halogenated alkanes) is 2. The molecule has 0 heterocycles. The normalized spacial score (nSPS) is 12.2. The molecule has 0 spiro atoms. The minimum Gasteiger partial charge on any atom is -0.507 e. The summed E-state index contributed by atoms with van der Waals surface area (Å²) in [6, 6.07) is 9.89. The first-order chi connectivity index (χ1) is 21.2. The second-order valence-electron chi connectivity index (χ2n) is 11.2. The number of hydrogen-bond acceptors (Lipinski definition) is 6. The highest BCUT2D eigenvalue weighted by atomic mass is 16.3. The van der Waals surface area contributed by atoms with Crippen molar-refractivity contribution in [1.82, 2.24) is 21.7 Å². The molecule has 0 fully saturated rings. The largest absolute Gasteiger partial charge is 0.507 e. The molecule has 10 nitrogen and oxygen atoms in total. The van der Waals surface area contributed by atoms with E-state index in [1.165, 1.54) is 12.1 Å². The summed E-state index contributed by atoms with van der Waals surface area (Å²) in [4.78, 5) is 51.6. The zero-order chi connectivity index (χ0) is 32.5. The number of hydrogen-bond donors (Lipinski definition) is 6. The molecule has 2 unspecified atom stereocenters. The van der Waals surface area contributed by atoms with Crippen molar-refractivity contribution < 1.29 is 29.4 Å². The van der Waals surface area contributed by atoms with Crippen LogP contribution in [0.15, 0.2) is 36.4 Å². The molecule has 2 aromatic rings. The van der Waals surface area contributed by atoms with E-state index in [2.05, 4.69) is 21.7 Å². The molecule has 242 valence electrons. The molecule has 0 saturated carbocycles. The van der Waals surface area contributed by atoms with Crippen molar-refractivity contribution in [3.05, 3.63) is 58.7 Å². The van der Waals surface area contributed by atoms with E-state index >= 15 is 0 Å². The van der Waals surface area contributed by atoms with E-state index < -0.39 is 11.8 Å². The maximum atomic E-state index is 13.0. The number of rotatable bonds is 17. The summed E-state index contributed by atoms with van der Waals surface area (Å²) >= 11 is 0. The number of amides is 4. The maximum absolute atomic E-state index is 13.0. The summed E-state index contributed by atoms with van der Waals surface area (Å²) in [6.45, 7) is 7.96. The zero-order valence-corrected chi connectivity index (χ0v) is 26.6. The number of aryl methyl sites for hydroxylation is 2. The number of aromatic hydroxyl groups is 2. The van der Waals surface area contributed by atoms with Gasteiger partial charge in [0.2, 0.25) is 11.8 Å². The highest BCUT2D eigenvalue weighted by molar-refractivity contribution is 6.00. The van der Waals surface area contributed by atoms with Gasteiger partial charge in [0, 0.05) is 11.8 Å². The number of hydrazine groups is 2. The Bertz CT molecular complexity index is 1250. The van der Waals surface area contributed by atoms with Gasteiger partial charge >= 0.3 is 0 Å². The summed E-state index contributed by atoms with van der Waals surface area (Å²) in [5, 5.41) is 20.6. The van der Waals surface area contributed by atoms with E-state index in [0.717, 1.165) is 43.2 Å². The minimum atomic E-state index is -0.569. The van der Waals surface area contributed by atoms with Gasteiger partial charge in [-0.3, -0.25) is 40.9 Å². The molecular formula is C34H50N4O6. The average Bonchev–Trinajstić information content (AvgIpc) is 3.01. The summed E-state index contributed by atoms with van der Waals surface area (Å²) in [5.41, 5.74) is 11.7. The van der Waals surface area contributed by atoms with Gasteiger partial charge < -0.3 is 10.2 Å². The van der Waals surface area contributed by atoms with Crippen LogP contribution in [0.25, 0.3) is 0 Å². The first-order valence-electron chi connectivity index (χ1n) is 16.0. The lowest BCUT2D eigenvalue weighted by Gasteiger charge is -2.19. The molecule has 44 heavy (non-hydrogen) atoms. The van der Waals surface area contributed by atoms with Crippen LogP contribution >= 0.6 is 0 Å². The van der Waals surface area contributed by atoms with E-state index in [4.69, 9.17) is 0 Å². The van der Waals surface area contributed by atoms with Crippen molar-refractivity contribution in [3.63, 3.8) is 0 Å². The third-order valence-corrected chi connectivity index (χ3v) is 7.89. The molecule has 2 rings (SSSR count). The number of carbonyl (C=O) groups excluding carboxylic acids is 4. The summed E-state index contributed by atoms with van der Waals surface area (Å²) in [6.07, 6.45) is 8.45. The first kappa shape index (κ1) is 36.1. The smallest absolute Gasteiger partial charge is 0.273 e. The number of phenols is 2.